The van der Waals surface area contributed by atoms with Gasteiger partial charge in [0, 0.05) is 0 Å². The molecular weight excluding hydrogens is 724 g/mol. The second-order valence-corrected chi connectivity index (χ2v) is 60.4. The standard InChI is InChI=1S/C36H70OSeSi7/c1-26-22-27(2)32(28(3)23-26)45(37,38)33-30(35(41(10,11)12)42(13,14)15)24-29(34(39(4,5)6)40(7,8)9)25-31(33)36(43(16,17)18)44(19,20)21/h22-25,34-36H,1-21H3/q-2. The third-order valence-corrected chi connectivity index (χ3v) is 42.9. The molecule has 0 saturated heterocycles. The molecule has 2 rings (SSSR count). The Labute approximate surface area is 295 Å². The molecule has 1 unspecified atom stereocenters. The van der Waals surface area contributed by atoms with Crippen LogP contribution >= 0.6 is 0 Å². The van der Waals surface area contributed by atoms with Crippen LogP contribution in [0.5, 0.6) is 0 Å². The molecule has 0 N–H and O–H groups in total. The molecule has 2 aromatic rings. The molecule has 0 aliphatic heterocycles. The molecule has 0 fully saturated rings. The number of rotatable bonds is 11. The first-order valence-electron chi connectivity index (χ1n) is 17.3. The molecule has 0 saturated carbocycles. The van der Waals surface area contributed by atoms with Gasteiger partial charge in [0.15, 0.2) is 0 Å². The zero-order valence-electron chi connectivity index (χ0n) is 33.4. The maximum atomic E-state index is 16.3. The molecule has 0 bridgehead atoms. The van der Waals surface area contributed by atoms with Gasteiger partial charge in [-0.3, -0.25) is 0 Å². The van der Waals surface area contributed by atoms with E-state index < -0.39 is 55.4 Å². The van der Waals surface area contributed by atoms with Crippen molar-refractivity contribution in [2.45, 2.75) is 154 Å². The van der Waals surface area contributed by atoms with Gasteiger partial charge in [-0.2, -0.15) is 0 Å². The quantitative estimate of drug-likeness (QED) is 0.208. The van der Waals surface area contributed by atoms with Gasteiger partial charge in [-0.1, -0.05) is 0 Å². The van der Waals surface area contributed by atoms with Crippen LogP contribution in [-0.2, 0) is 0 Å². The average molecular weight is 795 g/mol. The summed E-state index contributed by atoms with van der Waals surface area (Å²) in [4.78, 5) is 16.3. The minimum atomic E-state index is -3.51. The average Bonchev–Trinajstić information content (AvgIpc) is 2.65. The normalized spacial score (nSPS) is 15.8. The summed E-state index contributed by atoms with van der Waals surface area (Å²) in [7, 11) is -10.1. The number of hydrogen-bond acceptors (Lipinski definition) is 1. The van der Waals surface area contributed by atoms with Crippen LogP contribution in [-0.4, -0.2) is 70.7 Å². The van der Waals surface area contributed by atoms with Gasteiger partial charge >= 0.3 is 298 Å². The first-order valence-corrected chi connectivity index (χ1v) is 43.2. The van der Waals surface area contributed by atoms with Crippen molar-refractivity contribution in [1.82, 2.24) is 0 Å². The molecule has 45 heavy (non-hydrogen) atoms. The van der Waals surface area contributed by atoms with Crippen molar-refractivity contribution in [3.8, 4) is 0 Å². The number of aryl methyl sites for hydroxylation is 3. The number of benzene rings is 2. The van der Waals surface area contributed by atoms with Crippen LogP contribution in [0.2, 0.25) is 118 Å². The predicted molar refractivity (Wildman–Crippen MR) is 226 cm³/mol. The van der Waals surface area contributed by atoms with Gasteiger partial charge in [0.1, 0.15) is 0 Å². The van der Waals surface area contributed by atoms with E-state index in [-0.39, 0.29) is 0 Å². The SMILES string of the molecule is Cc1cc(C)c([Si]([O-])([Se-])c2c(C([Si](C)(C)C)[Si](C)(C)C)cc(C([Si](C)(C)C)[Si](C)(C)C)cc2C([Si](C)(C)C)[Si](C)(C)C)c(C)c1. The maximum absolute atomic E-state index is 16.3. The van der Waals surface area contributed by atoms with Crippen molar-refractivity contribution in [1.29, 1.82) is 0 Å². The van der Waals surface area contributed by atoms with Crippen LogP contribution in [0.15, 0.2) is 24.3 Å². The van der Waals surface area contributed by atoms with Crippen molar-refractivity contribution in [2.75, 3.05) is 0 Å². The Balaban J connectivity index is 3.53. The Morgan fingerprint density at radius 1 is 0.444 bits per heavy atom. The molecule has 0 aromatic heterocycles. The molecule has 0 amide bonds. The Morgan fingerprint density at radius 2 is 0.711 bits per heavy atom. The molecule has 1 atom stereocenters. The van der Waals surface area contributed by atoms with E-state index >= 15 is 4.80 Å². The Bertz CT molecular complexity index is 1260. The van der Waals surface area contributed by atoms with Crippen molar-refractivity contribution in [3.05, 3.63) is 57.6 Å². The van der Waals surface area contributed by atoms with E-state index in [2.05, 4.69) is 178 Å². The first kappa shape index (κ1) is 41.6. The molecular formula is C36H70OSeSi7-2. The molecule has 256 valence electrons. The minimum absolute atomic E-state index is 0.520. The van der Waals surface area contributed by atoms with E-state index in [9.17, 15) is 0 Å². The van der Waals surface area contributed by atoms with Crippen molar-refractivity contribution >= 4 is 81.1 Å². The van der Waals surface area contributed by atoms with Gasteiger partial charge in [-0.15, -0.1) is 0 Å². The molecule has 0 spiro atoms. The first-order chi connectivity index (χ1) is 19.6. The van der Waals surface area contributed by atoms with Gasteiger partial charge in [-0.25, -0.2) is 0 Å². The van der Waals surface area contributed by atoms with Crippen molar-refractivity contribution in [3.63, 3.8) is 0 Å². The van der Waals surface area contributed by atoms with Crippen LogP contribution in [0.3, 0.4) is 0 Å². The van der Waals surface area contributed by atoms with E-state index in [1.165, 1.54) is 33.0 Å². The summed E-state index contributed by atoms with van der Waals surface area (Å²) in [5.74, 6) is 0. The van der Waals surface area contributed by atoms with E-state index in [4.69, 9.17) is 0 Å². The fourth-order valence-electron chi connectivity index (χ4n) is 10.3. The van der Waals surface area contributed by atoms with E-state index in [0.29, 0.717) is 15.5 Å². The van der Waals surface area contributed by atoms with Crippen molar-refractivity contribution < 1.29 is 4.80 Å². The van der Waals surface area contributed by atoms with E-state index in [1.54, 1.807) is 5.56 Å². The van der Waals surface area contributed by atoms with Gasteiger partial charge in [0.2, 0.25) is 0 Å². The molecule has 0 radical (unpaired) electrons. The third kappa shape index (κ3) is 9.37. The van der Waals surface area contributed by atoms with Crippen LogP contribution in [0.25, 0.3) is 0 Å². The molecule has 0 aliphatic carbocycles. The van der Waals surface area contributed by atoms with Gasteiger partial charge in [0.25, 0.3) is 0 Å². The second-order valence-electron chi connectivity index (χ2n) is 21.0. The Morgan fingerprint density at radius 3 is 0.956 bits per heavy atom. The third-order valence-electron chi connectivity index (χ3n) is 9.71. The zero-order chi connectivity index (χ0) is 35.7. The summed E-state index contributed by atoms with van der Waals surface area (Å²) in [6.45, 7) is 49.7. The summed E-state index contributed by atoms with van der Waals surface area (Å²) in [5, 5.41) is 4.07. The zero-order valence-corrected chi connectivity index (χ0v) is 42.1. The monoisotopic (exact) mass is 794 g/mol. The molecule has 1 nitrogen and oxygen atoms in total. The second kappa shape index (κ2) is 13.3. The van der Waals surface area contributed by atoms with Crippen LogP contribution in [0, 0.1) is 20.8 Å². The van der Waals surface area contributed by atoms with Crippen LogP contribution in [0.4, 0.5) is 0 Å². The fraction of sp³-hybridized carbons (Fsp3) is 0.667. The van der Waals surface area contributed by atoms with Crippen LogP contribution in [0.1, 0.15) is 48.9 Å². The molecule has 0 heterocycles. The van der Waals surface area contributed by atoms with Gasteiger partial charge < -0.3 is 0 Å². The Kier molecular flexibility index (Phi) is 12.3. The molecule has 9 heteroatoms. The van der Waals surface area contributed by atoms with Gasteiger partial charge in [0.05, 0.1) is 0 Å². The van der Waals surface area contributed by atoms with Crippen LogP contribution < -0.4 is 15.2 Å². The number of hydrogen-bond donors (Lipinski definition) is 0. The summed E-state index contributed by atoms with van der Waals surface area (Å²) in [5.41, 5.74) is 8.24. The summed E-state index contributed by atoms with van der Waals surface area (Å²) < 4.78 is 0. The predicted octanol–water partition coefficient (Wildman–Crippen LogP) is 9.21. The topological polar surface area (TPSA) is 23.1 Å². The summed E-state index contributed by atoms with van der Waals surface area (Å²) in [6, 6.07) is 9.93. The van der Waals surface area contributed by atoms with E-state index in [1.807, 2.05) is 0 Å². The molecule has 0 aliphatic rings. The summed E-state index contributed by atoms with van der Waals surface area (Å²) >= 11 is 3.56. The van der Waals surface area contributed by atoms with Gasteiger partial charge in [-0.05, 0) is 0 Å². The summed E-state index contributed by atoms with van der Waals surface area (Å²) in [6.07, 6.45) is 0. The molecule has 2 aromatic carbocycles. The Hall–Kier alpha value is 0.438. The fourth-order valence-corrected chi connectivity index (χ4v) is 55.2. The van der Waals surface area contributed by atoms with E-state index in [0.717, 1.165) is 5.19 Å². The van der Waals surface area contributed by atoms with Crippen molar-refractivity contribution in [2.24, 2.45) is 0 Å².